The van der Waals surface area contributed by atoms with E-state index < -0.39 is 0 Å². The number of benzene rings is 1. The van der Waals surface area contributed by atoms with Crippen molar-refractivity contribution in [3.05, 3.63) is 42.5 Å². The van der Waals surface area contributed by atoms with Crippen LogP contribution in [0.25, 0.3) is 22.2 Å². The Morgan fingerprint density at radius 1 is 1.32 bits per heavy atom. The van der Waals surface area contributed by atoms with Crippen LogP contribution in [-0.2, 0) is 6.42 Å². The Morgan fingerprint density at radius 3 is 3.00 bits per heavy atom. The summed E-state index contributed by atoms with van der Waals surface area (Å²) in [6.45, 7) is 2.02. The highest BCUT2D eigenvalue weighted by Crippen LogP contribution is 2.27. The van der Waals surface area contributed by atoms with E-state index in [-0.39, 0.29) is 6.04 Å². The van der Waals surface area contributed by atoms with Crippen LogP contribution in [0.5, 0.6) is 0 Å². The number of nitrogens with one attached hydrogen (secondary N) is 2. The molecule has 19 heavy (non-hydrogen) atoms. The van der Waals surface area contributed by atoms with Gasteiger partial charge in [0.2, 0.25) is 0 Å². The van der Waals surface area contributed by atoms with Crippen molar-refractivity contribution in [1.82, 2.24) is 15.0 Å². The van der Waals surface area contributed by atoms with Gasteiger partial charge in [0.1, 0.15) is 5.82 Å². The number of aromatic amines is 2. The number of nitrogens with zero attached hydrogens (tertiary/aromatic N) is 1. The Bertz CT molecular complexity index is 678. The molecule has 4 N–H and O–H groups in total. The fourth-order valence-corrected chi connectivity index (χ4v) is 2.29. The van der Waals surface area contributed by atoms with Crippen LogP contribution in [0.3, 0.4) is 0 Å². The first kappa shape index (κ1) is 12.0. The van der Waals surface area contributed by atoms with Gasteiger partial charge >= 0.3 is 0 Å². The first-order chi connectivity index (χ1) is 9.24. The van der Waals surface area contributed by atoms with Gasteiger partial charge in [0.25, 0.3) is 0 Å². The van der Waals surface area contributed by atoms with Gasteiger partial charge in [-0.2, -0.15) is 0 Å². The Labute approximate surface area is 112 Å². The molecule has 0 aliphatic rings. The molecule has 4 nitrogen and oxygen atoms in total. The van der Waals surface area contributed by atoms with E-state index in [1.165, 1.54) is 5.39 Å². The Morgan fingerprint density at radius 2 is 2.16 bits per heavy atom. The summed E-state index contributed by atoms with van der Waals surface area (Å²) < 4.78 is 0. The number of hydrogen-bond donors (Lipinski definition) is 3. The number of aryl methyl sites for hydroxylation is 1. The van der Waals surface area contributed by atoms with Gasteiger partial charge in [-0.1, -0.05) is 18.2 Å². The van der Waals surface area contributed by atoms with E-state index in [2.05, 4.69) is 27.1 Å². The van der Waals surface area contributed by atoms with E-state index in [9.17, 15) is 0 Å². The van der Waals surface area contributed by atoms with Crippen molar-refractivity contribution in [3.63, 3.8) is 0 Å². The molecule has 0 aliphatic carbocycles. The molecule has 0 bridgehead atoms. The summed E-state index contributed by atoms with van der Waals surface area (Å²) in [4.78, 5) is 11.1. The van der Waals surface area contributed by atoms with Gasteiger partial charge in [0.05, 0.1) is 11.9 Å². The number of nitrogens with two attached hydrogens (primary N) is 1. The molecule has 0 spiro atoms. The minimum absolute atomic E-state index is 0.210. The fourth-order valence-electron chi connectivity index (χ4n) is 2.29. The third kappa shape index (κ3) is 2.39. The van der Waals surface area contributed by atoms with Crippen LogP contribution < -0.4 is 5.73 Å². The second kappa shape index (κ2) is 4.90. The van der Waals surface area contributed by atoms with Gasteiger partial charge in [-0.25, -0.2) is 4.98 Å². The third-order valence-electron chi connectivity index (χ3n) is 3.34. The summed E-state index contributed by atoms with van der Waals surface area (Å²) in [5.74, 6) is 0.998. The molecule has 0 amide bonds. The molecule has 0 aliphatic heterocycles. The molecule has 2 heterocycles. The average Bonchev–Trinajstić information content (AvgIpc) is 3.02. The summed E-state index contributed by atoms with van der Waals surface area (Å²) in [6.07, 6.45) is 5.75. The largest absolute Gasteiger partial charge is 0.360 e. The lowest BCUT2D eigenvalue weighted by Crippen LogP contribution is -2.15. The molecule has 0 saturated carbocycles. The van der Waals surface area contributed by atoms with Gasteiger partial charge in [-0.3, -0.25) is 0 Å². The molecule has 3 rings (SSSR count). The molecule has 1 atom stereocenters. The van der Waals surface area contributed by atoms with Crippen molar-refractivity contribution in [2.75, 3.05) is 0 Å². The second-order valence-electron chi connectivity index (χ2n) is 5.01. The summed E-state index contributed by atoms with van der Waals surface area (Å²) in [6, 6.07) is 8.48. The first-order valence-corrected chi connectivity index (χ1v) is 6.60. The SMILES string of the molecule is CC(N)CCc1ncc(-c2c[nH]c3ccccc23)[nH]1. The third-order valence-corrected chi connectivity index (χ3v) is 3.34. The molecule has 1 unspecified atom stereocenters. The van der Waals surface area contributed by atoms with Crippen LogP contribution in [0.15, 0.2) is 36.7 Å². The maximum atomic E-state index is 5.77. The van der Waals surface area contributed by atoms with Gasteiger partial charge in [-0.15, -0.1) is 0 Å². The van der Waals surface area contributed by atoms with E-state index in [0.29, 0.717) is 0 Å². The lowest BCUT2D eigenvalue weighted by Gasteiger charge is -2.01. The molecule has 2 aromatic heterocycles. The number of hydrogen-bond acceptors (Lipinski definition) is 2. The van der Waals surface area contributed by atoms with E-state index in [1.54, 1.807) is 0 Å². The number of aromatic nitrogens is 3. The van der Waals surface area contributed by atoms with Crippen LogP contribution in [0.2, 0.25) is 0 Å². The minimum Gasteiger partial charge on any atom is -0.360 e. The molecular weight excluding hydrogens is 236 g/mol. The molecule has 0 saturated heterocycles. The van der Waals surface area contributed by atoms with Crippen molar-refractivity contribution < 1.29 is 0 Å². The summed E-state index contributed by atoms with van der Waals surface area (Å²) in [5, 5.41) is 1.21. The number of para-hydroxylation sites is 1. The van der Waals surface area contributed by atoms with E-state index in [1.807, 2.05) is 31.5 Å². The Balaban J connectivity index is 1.90. The van der Waals surface area contributed by atoms with Gasteiger partial charge in [-0.05, 0) is 19.4 Å². The van der Waals surface area contributed by atoms with Crippen molar-refractivity contribution in [3.8, 4) is 11.3 Å². The topological polar surface area (TPSA) is 70.5 Å². The lowest BCUT2D eigenvalue weighted by molar-refractivity contribution is 0.652. The van der Waals surface area contributed by atoms with Crippen LogP contribution >= 0.6 is 0 Å². The Kier molecular flexibility index (Phi) is 3.09. The quantitative estimate of drug-likeness (QED) is 0.670. The Hall–Kier alpha value is -2.07. The van der Waals surface area contributed by atoms with Crippen LogP contribution in [0, 0.1) is 0 Å². The summed E-state index contributed by atoms with van der Waals surface area (Å²) >= 11 is 0. The van der Waals surface area contributed by atoms with Crippen LogP contribution in [-0.4, -0.2) is 21.0 Å². The van der Waals surface area contributed by atoms with Crippen molar-refractivity contribution >= 4 is 10.9 Å². The fraction of sp³-hybridized carbons (Fsp3) is 0.267. The normalized spacial score (nSPS) is 12.9. The zero-order chi connectivity index (χ0) is 13.2. The zero-order valence-corrected chi connectivity index (χ0v) is 11.0. The van der Waals surface area contributed by atoms with Crippen LogP contribution in [0.4, 0.5) is 0 Å². The van der Waals surface area contributed by atoms with Gasteiger partial charge < -0.3 is 15.7 Å². The maximum Gasteiger partial charge on any atom is 0.106 e. The standard InChI is InChI=1S/C15H18N4/c1-10(16)6-7-15-18-9-14(19-15)12-8-17-13-5-3-2-4-11(12)13/h2-5,8-10,17H,6-7,16H2,1H3,(H,18,19). The number of imidazole rings is 1. The molecule has 3 aromatic rings. The first-order valence-electron chi connectivity index (χ1n) is 6.60. The number of rotatable bonds is 4. The molecule has 1 aromatic carbocycles. The molecule has 0 radical (unpaired) electrons. The maximum absolute atomic E-state index is 5.77. The molecule has 98 valence electrons. The van der Waals surface area contributed by atoms with Crippen LogP contribution in [0.1, 0.15) is 19.2 Å². The number of fused-ring (bicyclic) bond motifs is 1. The molecule has 4 heteroatoms. The van der Waals surface area contributed by atoms with Gasteiger partial charge in [0.15, 0.2) is 0 Å². The summed E-state index contributed by atoms with van der Waals surface area (Å²) in [7, 11) is 0. The highest BCUT2D eigenvalue weighted by molar-refractivity contribution is 5.94. The highest BCUT2D eigenvalue weighted by atomic mass is 14.9. The average molecular weight is 254 g/mol. The monoisotopic (exact) mass is 254 g/mol. The molecular formula is C15H18N4. The van der Waals surface area contributed by atoms with E-state index in [0.717, 1.165) is 35.4 Å². The predicted molar refractivity (Wildman–Crippen MR) is 77.9 cm³/mol. The smallest absolute Gasteiger partial charge is 0.106 e. The summed E-state index contributed by atoms with van der Waals surface area (Å²) in [5.41, 5.74) is 9.13. The lowest BCUT2D eigenvalue weighted by atomic mass is 10.1. The highest BCUT2D eigenvalue weighted by Gasteiger charge is 2.08. The predicted octanol–water partition coefficient (Wildman–Crippen LogP) is 2.84. The van der Waals surface area contributed by atoms with Crippen molar-refractivity contribution in [2.24, 2.45) is 5.73 Å². The molecule has 0 fully saturated rings. The van der Waals surface area contributed by atoms with Crippen molar-refractivity contribution in [1.29, 1.82) is 0 Å². The van der Waals surface area contributed by atoms with E-state index >= 15 is 0 Å². The van der Waals surface area contributed by atoms with Gasteiger partial charge in [0, 0.05) is 35.1 Å². The van der Waals surface area contributed by atoms with E-state index in [4.69, 9.17) is 5.73 Å². The number of H-pyrrole nitrogens is 2. The minimum atomic E-state index is 0.210. The zero-order valence-electron chi connectivity index (χ0n) is 11.0. The second-order valence-corrected chi connectivity index (χ2v) is 5.01. The van der Waals surface area contributed by atoms with Crippen molar-refractivity contribution in [2.45, 2.75) is 25.8 Å².